The first-order valence-electron chi connectivity index (χ1n) is 11.0. The predicted octanol–water partition coefficient (Wildman–Crippen LogP) is 3.08. The van der Waals surface area contributed by atoms with Gasteiger partial charge in [-0.3, -0.25) is 24.6 Å². The van der Waals surface area contributed by atoms with Crippen LogP contribution < -0.4 is 15.4 Å². The molecule has 3 aromatic rings. The lowest BCUT2D eigenvalue weighted by atomic mass is 10.1. The number of carbonyl (C=O) groups is 4. The number of urea groups is 1. The maximum absolute atomic E-state index is 12.9. The van der Waals surface area contributed by atoms with E-state index >= 15 is 0 Å². The number of non-ortho nitro benzene ring substituents is 1. The zero-order valence-electron chi connectivity index (χ0n) is 19.8. The Labute approximate surface area is 214 Å². The number of benzene rings is 2. The minimum atomic E-state index is -0.771. The van der Waals surface area contributed by atoms with Gasteiger partial charge in [-0.15, -0.1) is 0 Å². The Morgan fingerprint density at radius 1 is 1.13 bits per heavy atom. The number of nitro benzene ring substituents is 1. The predicted molar refractivity (Wildman–Crippen MR) is 131 cm³/mol. The topological polar surface area (TPSA) is 170 Å². The number of imide groups is 1. The van der Waals surface area contributed by atoms with Crippen LogP contribution in [0.4, 0.5) is 16.2 Å². The van der Waals surface area contributed by atoms with E-state index in [9.17, 15) is 29.3 Å². The van der Waals surface area contributed by atoms with E-state index in [2.05, 4.69) is 15.4 Å². The lowest BCUT2D eigenvalue weighted by Gasteiger charge is -2.11. The summed E-state index contributed by atoms with van der Waals surface area (Å²) in [5.74, 6) is -1.82. The van der Waals surface area contributed by atoms with Crippen LogP contribution in [0.3, 0.4) is 0 Å². The summed E-state index contributed by atoms with van der Waals surface area (Å²) in [5.41, 5.74) is 0.163. The van der Waals surface area contributed by atoms with Crippen LogP contribution >= 0.6 is 0 Å². The van der Waals surface area contributed by atoms with Gasteiger partial charge in [0.05, 0.1) is 18.6 Å². The number of para-hydroxylation sites is 1. The Balaban J connectivity index is 1.52. The molecule has 0 aliphatic carbocycles. The third kappa shape index (κ3) is 5.84. The highest BCUT2D eigenvalue weighted by atomic mass is 16.6. The lowest BCUT2D eigenvalue weighted by Crippen LogP contribution is -2.30. The van der Waals surface area contributed by atoms with Gasteiger partial charge in [0.2, 0.25) is 5.76 Å². The molecule has 0 unspecified atom stereocenters. The van der Waals surface area contributed by atoms with Gasteiger partial charge in [0.25, 0.3) is 17.5 Å². The molecule has 1 saturated heterocycles. The van der Waals surface area contributed by atoms with Gasteiger partial charge in [0.15, 0.2) is 6.61 Å². The van der Waals surface area contributed by atoms with Gasteiger partial charge in [0, 0.05) is 23.4 Å². The molecule has 1 aromatic heterocycles. The molecule has 2 heterocycles. The van der Waals surface area contributed by atoms with Crippen molar-refractivity contribution in [3.63, 3.8) is 0 Å². The van der Waals surface area contributed by atoms with Gasteiger partial charge in [0.1, 0.15) is 17.2 Å². The summed E-state index contributed by atoms with van der Waals surface area (Å²) in [6.07, 6.45) is 1.21. The number of nitrogens with one attached hydrogen (secondary N) is 2. The number of carbonyl (C=O) groups excluding carboxylic acids is 4. The average Bonchev–Trinajstić information content (AvgIpc) is 3.48. The van der Waals surface area contributed by atoms with Crippen molar-refractivity contribution in [2.75, 3.05) is 19.0 Å². The summed E-state index contributed by atoms with van der Waals surface area (Å²) in [5, 5.41) is 16.3. The van der Waals surface area contributed by atoms with Crippen LogP contribution in [0.5, 0.6) is 5.75 Å². The molecule has 4 rings (SSSR count). The van der Waals surface area contributed by atoms with Crippen LogP contribution in [0.25, 0.3) is 6.08 Å². The molecule has 0 bridgehead atoms. The zero-order valence-corrected chi connectivity index (χ0v) is 19.8. The highest BCUT2D eigenvalue weighted by molar-refractivity contribution is 6.14. The number of esters is 1. The number of ether oxygens (including phenoxy) is 2. The molecule has 0 spiro atoms. The third-order valence-corrected chi connectivity index (χ3v) is 5.24. The standard InChI is InChI=1S/C25H20N4O9/c1-36-24(32)21-10-8-18(38-21)13-28-23(31)19(27-25(28)33)12-15-11-17(29(34)35)7-9-20(15)37-14-22(30)26-16-5-3-2-4-6-16/h2-12H,13-14H2,1H3,(H,26,30)(H,27,33)/b19-12-. The summed E-state index contributed by atoms with van der Waals surface area (Å²) in [7, 11) is 1.18. The van der Waals surface area contributed by atoms with E-state index < -0.39 is 35.3 Å². The van der Waals surface area contributed by atoms with E-state index in [1.54, 1.807) is 30.3 Å². The van der Waals surface area contributed by atoms with Crippen LogP contribution in [0, 0.1) is 10.1 Å². The number of nitrogens with zero attached hydrogens (tertiary/aromatic N) is 2. The fraction of sp³-hybridized carbons (Fsp3) is 0.120. The molecular formula is C25H20N4O9. The van der Waals surface area contributed by atoms with Gasteiger partial charge in [-0.25, -0.2) is 9.59 Å². The third-order valence-electron chi connectivity index (χ3n) is 5.24. The number of furan rings is 1. The van der Waals surface area contributed by atoms with Crippen molar-refractivity contribution in [2.45, 2.75) is 6.54 Å². The van der Waals surface area contributed by atoms with Gasteiger partial charge >= 0.3 is 12.0 Å². The van der Waals surface area contributed by atoms with Crippen LogP contribution in [0.2, 0.25) is 0 Å². The Morgan fingerprint density at radius 3 is 2.61 bits per heavy atom. The molecule has 13 nitrogen and oxygen atoms in total. The summed E-state index contributed by atoms with van der Waals surface area (Å²) >= 11 is 0. The normalized spacial score (nSPS) is 13.8. The molecule has 194 valence electrons. The number of amides is 4. The van der Waals surface area contributed by atoms with Gasteiger partial charge < -0.3 is 24.5 Å². The second-order valence-electron chi connectivity index (χ2n) is 7.82. The monoisotopic (exact) mass is 520 g/mol. The fourth-order valence-electron chi connectivity index (χ4n) is 3.46. The Hall–Kier alpha value is -5.46. The van der Waals surface area contributed by atoms with Crippen LogP contribution in [-0.4, -0.2) is 47.4 Å². The Kier molecular flexibility index (Phi) is 7.47. The molecule has 0 radical (unpaired) electrons. The molecular weight excluding hydrogens is 500 g/mol. The first-order chi connectivity index (χ1) is 18.2. The SMILES string of the molecule is COC(=O)c1ccc(CN2C(=O)N/C(=C\c3cc([N+](=O)[O-])ccc3OCC(=O)Nc3ccccc3)C2=O)o1. The van der Waals surface area contributed by atoms with Crippen molar-refractivity contribution in [2.24, 2.45) is 0 Å². The summed E-state index contributed by atoms with van der Waals surface area (Å²) < 4.78 is 15.4. The van der Waals surface area contributed by atoms with Crippen LogP contribution in [0.15, 0.2) is 70.8 Å². The van der Waals surface area contributed by atoms with Gasteiger partial charge in [-0.1, -0.05) is 18.2 Å². The maximum atomic E-state index is 12.9. The second kappa shape index (κ2) is 11.1. The van der Waals surface area contributed by atoms with E-state index in [1.165, 1.54) is 37.5 Å². The first-order valence-corrected chi connectivity index (χ1v) is 11.0. The average molecular weight is 520 g/mol. The molecule has 1 aliphatic heterocycles. The minimum absolute atomic E-state index is 0.0700. The molecule has 38 heavy (non-hydrogen) atoms. The maximum Gasteiger partial charge on any atom is 0.373 e. The van der Waals surface area contributed by atoms with Crippen molar-refractivity contribution in [1.29, 1.82) is 0 Å². The first kappa shape index (κ1) is 25.6. The number of methoxy groups -OCH3 is 1. The van der Waals surface area contributed by atoms with Crippen molar-refractivity contribution in [3.8, 4) is 5.75 Å². The van der Waals surface area contributed by atoms with Gasteiger partial charge in [-0.05, 0) is 36.4 Å². The Bertz CT molecular complexity index is 1450. The number of anilines is 1. The fourth-order valence-corrected chi connectivity index (χ4v) is 3.46. The van der Waals surface area contributed by atoms with Crippen molar-refractivity contribution >= 4 is 41.3 Å². The van der Waals surface area contributed by atoms with E-state index in [0.29, 0.717) is 5.69 Å². The number of rotatable bonds is 9. The number of hydrogen-bond acceptors (Lipinski definition) is 9. The molecule has 4 amide bonds. The van der Waals surface area contributed by atoms with E-state index in [-0.39, 0.29) is 40.8 Å². The minimum Gasteiger partial charge on any atom is -0.483 e. The quantitative estimate of drug-likeness (QED) is 0.141. The number of nitro groups is 1. The lowest BCUT2D eigenvalue weighted by molar-refractivity contribution is -0.384. The molecule has 2 aromatic carbocycles. The zero-order chi connectivity index (χ0) is 27.2. The highest BCUT2D eigenvalue weighted by Crippen LogP contribution is 2.28. The molecule has 1 fully saturated rings. The largest absolute Gasteiger partial charge is 0.483 e. The molecule has 13 heteroatoms. The summed E-state index contributed by atoms with van der Waals surface area (Å²) in [6.45, 7) is -0.701. The summed E-state index contributed by atoms with van der Waals surface area (Å²) in [4.78, 5) is 60.7. The van der Waals surface area contributed by atoms with Gasteiger partial charge in [-0.2, -0.15) is 0 Å². The second-order valence-corrected chi connectivity index (χ2v) is 7.82. The van der Waals surface area contributed by atoms with Crippen LogP contribution in [-0.2, 0) is 20.9 Å². The van der Waals surface area contributed by atoms with E-state index in [4.69, 9.17) is 9.15 Å². The van der Waals surface area contributed by atoms with E-state index in [0.717, 1.165) is 11.0 Å². The van der Waals surface area contributed by atoms with Crippen LogP contribution in [0.1, 0.15) is 21.9 Å². The summed E-state index contributed by atoms with van der Waals surface area (Å²) in [6, 6.07) is 14.3. The number of hydrogen-bond donors (Lipinski definition) is 2. The molecule has 0 saturated carbocycles. The smallest absolute Gasteiger partial charge is 0.373 e. The Morgan fingerprint density at radius 2 is 1.89 bits per heavy atom. The van der Waals surface area contributed by atoms with Crippen molar-refractivity contribution in [3.05, 3.63) is 93.6 Å². The molecule has 2 N–H and O–H groups in total. The van der Waals surface area contributed by atoms with Crippen molar-refractivity contribution < 1.29 is 38.0 Å². The molecule has 0 atom stereocenters. The molecule has 1 aliphatic rings. The van der Waals surface area contributed by atoms with E-state index in [1.807, 2.05) is 0 Å². The van der Waals surface area contributed by atoms with Crippen molar-refractivity contribution in [1.82, 2.24) is 10.2 Å². The highest BCUT2D eigenvalue weighted by Gasteiger charge is 2.34.